The maximum Gasteiger partial charge on any atom is 0.258 e. The molecule has 146 valence electrons. The average molecular weight is 415 g/mol. The highest BCUT2D eigenvalue weighted by molar-refractivity contribution is 7.80. The van der Waals surface area contributed by atoms with Crippen molar-refractivity contribution in [3.05, 3.63) is 69.2 Å². The molecule has 0 aliphatic rings. The summed E-state index contributed by atoms with van der Waals surface area (Å²) < 4.78 is 0. The van der Waals surface area contributed by atoms with Crippen molar-refractivity contribution < 1.29 is 0 Å². The number of aryl methyl sites for hydroxylation is 1. The lowest BCUT2D eigenvalue weighted by atomic mass is 10.1. The van der Waals surface area contributed by atoms with Gasteiger partial charge in [0.25, 0.3) is 5.56 Å². The van der Waals surface area contributed by atoms with Crippen LogP contribution in [0.5, 0.6) is 0 Å². The van der Waals surface area contributed by atoms with Crippen molar-refractivity contribution in [1.29, 1.82) is 0 Å². The molecule has 28 heavy (non-hydrogen) atoms. The molecule has 0 atom stereocenters. The van der Waals surface area contributed by atoms with Gasteiger partial charge in [0.05, 0.1) is 17.4 Å². The first-order valence-corrected chi connectivity index (χ1v) is 10.1. The Bertz CT molecular complexity index is 1030. The van der Waals surface area contributed by atoms with Gasteiger partial charge in [-0.2, -0.15) is 0 Å². The Balaban J connectivity index is 1.80. The van der Waals surface area contributed by atoms with E-state index in [2.05, 4.69) is 41.3 Å². The van der Waals surface area contributed by atoms with E-state index in [0.717, 1.165) is 25.1 Å². The fourth-order valence-corrected chi connectivity index (χ4v) is 3.41. The fourth-order valence-electron chi connectivity index (χ4n) is 2.97. The summed E-state index contributed by atoms with van der Waals surface area (Å²) in [4.78, 5) is 21.8. The molecular weight excluding hydrogens is 392 g/mol. The summed E-state index contributed by atoms with van der Waals surface area (Å²) in [6.07, 6.45) is 1.91. The number of benzene rings is 2. The minimum Gasteiger partial charge on any atom is -0.342 e. The summed E-state index contributed by atoms with van der Waals surface area (Å²) in [7, 11) is 0. The van der Waals surface area contributed by atoms with E-state index in [0.29, 0.717) is 33.4 Å². The van der Waals surface area contributed by atoms with Crippen LogP contribution >= 0.6 is 23.8 Å². The van der Waals surface area contributed by atoms with Crippen LogP contribution in [-0.2, 0) is 13.0 Å². The predicted octanol–water partition coefficient (Wildman–Crippen LogP) is 4.75. The van der Waals surface area contributed by atoms with Crippen LogP contribution in [0.4, 0.5) is 5.69 Å². The standard InChI is InChI=1S/C21H23ClN4OS/c1-3-11-26(21(28)23-16-8-5-14(4-2)6-9-16)13-19-24-18-12-15(22)7-10-17(18)20(27)25-19/h5-10,12H,3-4,11,13H2,1-2H3,(H,23,28)(H,24,25,27). The first-order chi connectivity index (χ1) is 13.5. The van der Waals surface area contributed by atoms with E-state index < -0.39 is 0 Å². The van der Waals surface area contributed by atoms with E-state index in [1.807, 2.05) is 17.0 Å². The highest BCUT2D eigenvalue weighted by Gasteiger charge is 2.13. The van der Waals surface area contributed by atoms with Crippen LogP contribution in [0.3, 0.4) is 0 Å². The maximum atomic E-state index is 12.4. The number of anilines is 1. The fraction of sp³-hybridized carbons (Fsp3) is 0.286. The molecule has 0 bridgehead atoms. The first kappa shape index (κ1) is 20.3. The Morgan fingerprint density at radius 3 is 2.64 bits per heavy atom. The van der Waals surface area contributed by atoms with E-state index in [4.69, 9.17) is 23.8 Å². The molecule has 0 spiro atoms. The number of rotatable bonds is 6. The number of aromatic nitrogens is 2. The van der Waals surface area contributed by atoms with Crippen LogP contribution < -0.4 is 10.9 Å². The van der Waals surface area contributed by atoms with Crippen LogP contribution in [0.1, 0.15) is 31.7 Å². The Kier molecular flexibility index (Phi) is 6.65. The number of thiocarbonyl (C=S) groups is 1. The molecule has 0 amide bonds. The number of halogens is 1. The smallest absolute Gasteiger partial charge is 0.258 e. The summed E-state index contributed by atoms with van der Waals surface area (Å²) in [5.74, 6) is 0.554. The van der Waals surface area contributed by atoms with Crippen molar-refractivity contribution in [2.24, 2.45) is 0 Å². The van der Waals surface area contributed by atoms with Crippen LogP contribution in [-0.4, -0.2) is 26.5 Å². The number of nitrogens with zero attached hydrogens (tertiary/aromatic N) is 2. The molecule has 7 heteroatoms. The van der Waals surface area contributed by atoms with Gasteiger partial charge in [-0.1, -0.05) is 37.6 Å². The molecule has 2 aromatic carbocycles. The molecule has 0 unspecified atom stereocenters. The van der Waals surface area contributed by atoms with Crippen molar-refractivity contribution in [2.75, 3.05) is 11.9 Å². The minimum absolute atomic E-state index is 0.179. The van der Waals surface area contributed by atoms with E-state index >= 15 is 0 Å². The third-order valence-corrected chi connectivity index (χ3v) is 5.05. The van der Waals surface area contributed by atoms with Crippen LogP contribution in [0, 0.1) is 0 Å². The van der Waals surface area contributed by atoms with Crippen molar-refractivity contribution in [3.8, 4) is 0 Å². The monoisotopic (exact) mass is 414 g/mol. The average Bonchev–Trinajstić information content (AvgIpc) is 2.68. The number of nitrogens with one attached hydrogen (secondary N) is 2. The lowest BCUT2D eigenvalue weighted by Crippen LogP contribution is -2.36. The lowest BCUT2D eigenvalue weighted by Gasteiger charge is -2.25. The Morgan fingerprint density at radius 1 is 1.21 bits per heavy atom. The van der Waals surface area contributed by atoms with Gasteiger partial charge in [-0.15, -0.1) is 0 Å². The number of aromatic amines is 1. The second-order valence-electron chi connectivity index (χ2n) is 6.58. The Hall–Kier alpha value is -2.44. The van der Waals surface area contributed by atoms with Gasteiger partial charge in [0.1, 0.15) is 5.82 Å². The van der Waals surface area contributed by atoms with Crippen LogP contribution in [0.15, 0.2) is 47.3 Å². The topological polar surface area (TPSA) is 61.0 Å². The molecule has 0 aliphatic carbocycles. The highest BCUT2D eigenvalue weighted by atomic mass is 35.5. The summed E-state index contributed by atoms with van der Waals surface area (Å²) in [5.41, 5.74) is 2.62. The molecule has 2 N–H and O–H groups in total. The molecule has 0 fully saturated rings. The Morgan fingerprint density at radius 2 is 1.96 bits per heavy atom. The van der Waals surface area contributed by atoms with Gasteiger partial charge in [-0.25, -0.2) is 4.98 Å². The van der Waals surface area contributed by atoms with Gasteiger partial charge in [-0.3, -0.25) is 4.79 Å². The highest BCUT2D eigenvalue weighted by Crippen LogP contribution is 2.16. The van der Waals surface area contributed by atoms with E-state index in [1.54, 1.807) is 18.2 Å². The third-order valence-electron chi connectivity index (χ3n) is 4.45. The van der Waals surface area contributed by atoms with Gasteiger partial charge < -0.3 is 15.2 Å². The van der Waals surface area contributed by atoms with Gasteiger partial charge >= 0.3 is 0 Å². The third kappa shape index (κ3) is 4.88. The molecule has 1 heterocycles. The summed E-state index contributed by atoms with van der Waals surface area (Å²) in [6, 6.07) is 13.3. The summed E-state index contributed by atoms with van der Waals surface area (Å²) >= 11 is 11.7. The van der Waals surface area contributed by atoms with E-state index in [1.165, 1.54) is 5.56 Å². The number of fused-ring (bicyclic) bond motifs is 1. The molecule has 1 aromatic heterocycles. The van der Waals surface area contributed by atoms with Crippen LogP contribution in [0.2, 0.25) is 5.02 Å². The molecule has 0 radical (unpaired) electrons. The Labute approximate surface area is 174 Å². The second-order valence-corrected chi connectivity index (χ2v) is 7.40. The molecule has 0 aliphatic heterocycles. The summed E-state index contributed by atoms with van der Waals surface area (Å²) in [6.45, 7) is 5.36. The largest absolute Gasteiger partial charge is 0.342 e. The predicted molar refractivity (Wildman–Crippen MR) is 120 cm³/mol. The zero-order chi connectivity index (χ0) is 20.1. The van der Waals surface area contributed by atoms with Crippen molar-refractivity contribution in [3.63, 3.8) is 0 Å². The number of H-pyrrole nitrogens is 1. The lowest BCUT2D eigenvalue weighted by molar-refractivity contribution is 0.406. The quantitative estimate of drug-likeness (QED) is 0.570. The maximum absolute atomic E-state index is 12.4. The normalized spacial score (nSPS) is 10.8. The van der Waals surface area contributed by atoms with Gasteiger partial charge in [0.15, 0.2) is 5.11 Å². The zero-order valence-electron chi connectivity index (χ0n) is 16.0. The number of hydrogen-bond acceptors (Lipinski definition) is 3. The molecular formula is C21H23ClN4OS. The van der Waals surface area contributed by atoms with Gasteiger partial charge in [-0.05, 0) is 61.0 Å². The second kappa shape index (κ2) is 9.17. The molecule has 5 nitrogen and oxygen atoms in total. The number of hydrogen-bond donors (Lipinski definition) is 2. The van der Waals surface area contributed by atoms with E-state index in [-0.39, 0.29) is 5.56 Å². The minimum atomic E-state index is -0.179. The van der Waals surface area contributed by atoms with Gasteiger partial charge in [0.2, 0.25) is 0 Å². The first-order valence-electron chi connectivity index (χ1n) is 9.33. The van der Waals surface area contributed by atoms with Crippen molar-refractivity contribution >= 4 is 45.5 Å². The van der Waals surface area contributed by atoms with Crippen molar-refractivity contribution in [2.45, 2.75) is 33.2 Å². The molecule has 3 aromatic rings. The molecule has 0 saturated heterocycles. The van der Waals surface area contributed by atoms with Gasteiger partial charge in [0, 0.05) is 17.3 Å². The van der Waals surface area contributed by atoms with Crippen molar-refractivity contribution in [1.82, 2.24) is 14.9 Å². The molecule has 0 saturated carbocycles. The van der Waals surface area contributed by atoms with E-state index in [9.17, 15) is 4.79 Å². The molecule has 3 rings (SSSR count). The zero-order valence-corrected chi connectivity index (χ0v) is 17.5. The SMILES string of the molecule is CCCN(Cc1nc2cc(Cl)ccc2c(=O)[nH]1)C(=S)Nc1ccc(CC)cc1. The summed E-state index contributed by atoms with van der Waals surface area (Å²) in [5, 5.41) is 4.94. The van der Waals surface area contributed by atoms with Crippen LogP contribution in [0.25, 0.3) is 10.9 Å².